The van der Waals surface area contributed by atoms with Crippen LogP contribution in [0.25, 0.3) is 0 Å². The maximum absolute atomic E-state index is 15.9. The van der Waals surface area contributed by atoms with Crippen LogP contribution in [0.5, 0.6) is 0 Å². The molecule has 0 bridgehead atoms. The molecule has 4 amide bonds. The molecular weight excluding hydrogens is 1120 g/mol. The minimum absolute atomic E-state index is 0.106. The summed E-state index contributed by atoms with van der Waals surface area (Å²) in [5, 5.41) is 40.2. The zero-order valence-corrected chi connectivity index (χ0v) is 55.8. The maximum Gasteiger partial charge on any atom is 0.233 e. The smallest absolute Gasteiger partial charge is 0.233 e. The zero-order valence-electron chi connectivity index (χ0n) is 52.6. The molecule has 0 aromatic carbocycles. The molecule has 84 heavy (non-hydrogen) atoms. The SMILES string of the molecule is CCCCCCCCCCCCC(CCCCCCCCCC)CN1C(=O)C2C3SC(C#N)=C(C#N)SC3C3C(=O)N(CC(CCCCCCCCCC)CCCCCCCCCCCC)C(=O)C4C5SC(C#N)=C(C#N)SC5C(C1=O)C2C34. The lowest BCUT2D eigenvalue weighted by molar-refractivity contribution is -0.184. The van der Waals surface area contributed by atoms with Crippen LogP contribution >= 0.6 is 47.0 Å². The molecule has 466 valence electrons. The van der Waals surface area contributed by atoms with Crippen molar-refractivity contribution in [2.75, 3.05) is 13.1 Å². The Morgan fingerprint density at radius 2 is 0.488 bits per heavy atom. The van der Waals surface area contributed by atoms with Crippen LogP contribution in [0.2, 0.25) is 0 Å². The maximum atomic E-state index is 15.9. The Hall–Kier alpha value is -2.88. The van der Waals surface area contributed by atoms with E-state index in [2.05, 4.69) is 52.0 Å². The predicted molar refractivity (Wildman–Crippen MR) is 351 cm³/mol. The van der Waals surface area contributed by atoms with E-state index in [4.69, 9.17) is 0 Å². The standard InChI is InChI=1S/C70H108N6O4S4/c1-5-9-13-17-21-25-27-31-35-39-43-51(41-37-33-29-23-19-15-11-7-3)49-75-67(77)59-57-58-61(65-63(59)81-53(45-71)55(47-73)83-65)69(79)76(70(80)62(58)66-64(60(57)68(75)78)82-54(46-72)56(48-74)84-66)50-52(42-38-34-30-24-20-16-12-8-4)44-40-36-32-28-26-22-18-14-10-6-2/h51-52,57-66H,5-44,49-50H2,1-4H3. The minimum Gasteiger partial charge on any atom is -0.282 e. The fourth-order valence-corrected chi connectivity index (χ4v) is 21.5. The van der Waals surface area contributed by atoms with E-state index in [9.17, 15) is 21.0 Å². The molecule has 10 atom stereocenters. The number of amides is 4. The number of unbranched alkanes of at least 4 members (excludes halogenated alkanes) is 32. The van der Waals surface area contributed by atoms with Crippen molar-refractivity contribution in [3.8, 4) is 24.3 Å². The molecule has 6 rings (SSSR count). The van der Waals surface area contributed by atoms with Gasteiger partial charge in [0, 0.05) is 34.1 Å². The highest BCUT2D eigenvalue weighted by molar-refractivity contribution is 8.11. The predicted octanol–water partition coefficient (Wildman–Crippen LogP) is 19.3. The Balaban J connectivity index is 1.31. The van der Waals surface area contributed by atoms with Crippen LogP contribution < -0.4 is 0 Å². The Kier molecular flexibility index (Phi) is 32.8. The molecule has 10 unspecified atom stereocenters. The highest BCUT2D eigenvalue weighted by Gasteiger charge is 2.73. The number of allylic oxidation sites excluding steroid dienone is 4. The molecular formula is C70H108N6O4S4. The molecule has 14 heteroatoms. The monoisotopic (exact) mass is 1220 g/mol. The average Bonchev–Trinajstić information content (AvgIpc) is 0.728. The number of fused-ring (bicyclic) bond motifs is 6. The van der Waals surface area contributed by atoms with Gasteiger partial charge in [-0.25, -0.2) is 0 Å². The van der Waals surface area contributed by atoms with E-state index in [1.54, 1.807) is 9.80 Å². The van der Waals surface area contributed by atoms with Crippen LogP contribution in [-0.4, -0.2) is 67.5 Å². The number of nitrogens with zero attached hydrogens (tertiary/aromatic N) is 6. The number of thioether (sulfide) groups is 4. The molecule has 0 radical (unpaired) electrons. The highest BCUT2D eigenvalue weighted by atomic mass is 32.2. The summed E-state index contributed by atoms with van der Waals surface area (Å²) >= 11 is 4.97. The van der Waals surface area contributed by atoms with Crippen molar-refractivity contribution in [1.29, 1.82) is 21.0 Å². The molecule has 0 aromatic rings. The number of hydrogen-bond acceptors (Lipinski definition) is 12. The fraction of sp³-hybridized carbons (Fsp3) is 0.829. The van der Waals surface area contributed by atoms with Gasteiger partial charge in [0.05, 0.1) is 23.7 Å². The van der Waals surface area contributed by atoms with E-state index in [0.29, 0.717) is 13.1 Å². The summed E-state index contributed by atoms with van der Waals surface area (Å²) in [5.41, 5.74) is 0. The van der Waals surface area contributed by atoms with Gasteiger partial charge in [-0.15, -0.1) is 47.0 Å². The molecule has 6 aliphatic rings. The van der Waals surface area contributed by atoms with Crippen molar-refractivity contribution < 1.29 is 19.2 Å². The van der Waals surface area contributed by atoms with Crippen molar-refractivity contribution in [3.63, 3.8) is 0 Å². The van der Waals surface area contributed by atoms with E-state index >= 15 is 19.2 Å². The van der Waals surface area contributed by atoms with Crippen LogP contribution in [0.4, 0.5) is 0 Å². The van der Waals surface area contributed by atoms with E-state index in [1.807, 2.05) is 0 Å². The van der Waals surface area contributed by atoms with Crippen molar-refractivity contribution in [3.05, 3.63) is 19.6 Å². The molecule has 0 N–H and O–H groups in total. The number of carbonyl (C=O) groups is 4. The van der Waals surface area contributed by atoms with E-state index in [0.717, 1.165) is 77.0 Å². The first kappa shape index (κ1) is 70.2. The molecule has 2 aliphatic carbocycles. The molecule has 10 nitrogen and oxygen atoms in total. The van der Waals surface area contributed by atoms with Gasteiger partial charge < -0.3 is 0 Å². The zero-order chi connectivity index (χ0) is 60.1. The topological polar surface area (TPSA) is 170 Å². The number of hydrogen-bond donors (Lipinski definition) is 0. The van der Waals surface area contributed by atoms with Crippen LogP contribution in [0.15, 0.2) is 19.6 Å². The second-order valence-electron chi connectivity index (χ2n) is 26.1. The molecule has 4 fully saturated rings. The van der Waals surface area contributed by atoms with E-state index in [1.165, 1.54) is 227 Å². The van der Waals surface area contributed by atoms with Gasteiger partial charge in [-0.2, -0.15) is 21.0 Å². The Morgan fingerprint density at radius 3 is 0.667 bits per heavy atom. The first-order chi connectivity index (χ1) is 41.1. The summed E-state index contributed by atoms with van der Waals surface area (Å²) in [4.78, 5) is 67.8. The van der Waals surface area contributed by atoms with Crippen LogP contribution in [0, 0.1) is 92.7 Å². The minimum atomic E-state index is -0.791. The van der Waals surface area contributed by atoms with Gasteiger partial charge in [0.25, 0.3) is 0 Å². The van der Waals surface area contributed by atoms with E-state index < -0.39 is 56.5 Å². The van der Waals surface area contributed by atoms with Crippen LogP contribution in [0.1, 0.15) is 285 Å². The van der Waals surface area contributed by atoms with Crippen molar-refractivity contribution >= 4 is 70.7 Å². The third-order valence-electron chi connectivity index (χ3n) is 20.0. The molecule has 2 saturated carbocycles. The number of carbonyl (C=O) groups excluding carboxylic acids is 4. The number of imide groups is 2. The third kappa shape index (κ3) is 19.6. The summed E-state index contributed by atoms with van der Waals surface area (Å²) in [6.45, 7) is 9.60. The fourth-order valence-electron chi connectivity index (χ4n) is 15.4. The summed E-state index contributed by atoms with van der Waals surface area (Å²) in [7, 11) is 0. The summed E-state index contributed by atoms with van der Waals surface area (Å²) in [6.07, 6.45) is 47.3. The number of piperidine rings is 2. The number of nitriles is 4. The van der Waals surface area contributed by atoms with Gasteiger partial charge in [0.2, 0.25) is 23.6 Å². The molecule has 4 aliphatic heterocycles. The van der Waals surface area contributed by atoms with E-state index in [-0.39, 0.29) is 55.1 Å². The molecule has 4 heterocycles. The normalized spacial score (nSPS) is 26.0. The van der Waals surface area contributed by atoms with Gasteiger partial charge in [-0.3, -0.25) is 29.0 Å². The van der Waals surface area contributed by atoms with Crippen LogP contribution in [0.3, 0.4) is 0 Å². The molecule has 0 aromatic heterocycles. The van der Waals surface area contributed by atoms with Crippen molar-refractivity contribution in [2.24, 2.45) is 47.3 Å². The quantitative estimate of drug-likeness (QED) is 0.0418. The second kappa shape index (κ2) is 39.2. The summed E-state index contributed by atoms with van der Waals surface area (Å²) in [5.74, 6) is -5.40. The van der Waals surface area contributed by atoms with Gasteiger partial charge >= 0.3 is 0 Å². The number of rotatable bonds is 44. The lowest BCUT2D eigenvalue weighted by Gasteiger charge is -2.64. The van der Waals surface area contributed by atoms with Gasteiger partial charge in [-0.05, 0) is 49.4 Å². The van der Waals surface area contributed by atoms with Gasteiger partial charge in [0.15, 0.2) is 0 Å². The summed E-state index contributed by atoms with van der Waals surface area (Å²) < 4.78 is 0. The first-order valence-corrected chi connectivity index (χ1v) is 38.1. The largest absolute Gasteiger partial charge is 0.282 e. The highest BCUT2D eigenvalue weighted by Crippen LogP contribution is 2.68. The Bertz CT molecular complexity index is 2050. The first-order valence-electron chi connectivity index (χ1n) is 34.6. The molecule has 2 saturated heterocycles. The van der Waals surface area contributed by atoms with Crippen LogP contribution in [-0.2, 0) is 19.2 Å². The lowest BCUT2D eigenvalue weighted by atomic mass is 9.50. The van der Waals surface area contributed by atoms with Crippen molar-refractivity contribution in [2.45, 2.75) is 306 Å². The third-order valence-corrected chi connectivity index (χ3v) is 26.1. The average molecular weight is 1230 g/mol. The molecule has 0 spiro atoms. The Morgan fingerprint density at radius 1 is 0.310 bits per heavy atom. The van der Waals surface area contributed by atoms with Gasteiger partial charge in [-0.1, -0.05) is 259 Å². The van der Waals surface area contributed by atoms with Gasteiger partial charge in [0.1, 0.15) is 43.9 Å². The van der Waals surface area contributed by atoms with Crippen molar-refractivity contribution in [1.82, 2.24) is 9.80 Å². The lowest BCUT2D eigenvalue weighted by Crippen LogP contribution is -2.76. The number of likely N-dealkylation sites (tertiary alicyclic amines) is 2. The summed E-state index contributed by atoms with van der Waals surface area (Å²) in [6, 6.07) is 9.18. The Labute approximate surface area is 527 Å². The second-order valence-corrected chi connectivity index (χ2v) is 30.9.